The van der Waals surface area contributed by atoms with Crippen LogP contribution in [0.4, 0.5) is 10.3 Å². The maximum absolute atomic E-state index is 14.7. The fourth-order valence-electron chi connectivity index (χ4n) is 2.46. The molecule has 134 valence electrons. The first-order valence-electron chi connectivity index (χ1n) is 8.08. The molecule has 0 aliphatic carbocycles. The molecule has 2 aromatic heterocycles. The van der Waals surface area contributed by atoms with Crippen molar-refractivity contribution in [1.29, 1.82) is 0 Å². The number of aromatic nitrogens is 3. The van der Waals surface area contributed by atoms with Crippen molar-refractivity contribution in [2.45, 2.75) is 0 Å². The number of rotatable bonds is 6. The van der Waals surface area contributed by atoms with Gasteiger partial charge in [-0.05, 0) is 35.9 Å². The van der Waals surface area contributed by atoms with E-state index in [2.05, 4.69) is 28.1 Å². The van der Waals surface area contributed by atoms with E-state index >= 15 is 0 Å². The highest BCUT2D eigenvalue weighted by atomic mass is 19.1. The normalized spacial score (nSPS) is 11.1. The van der Waals surface area contributed by atoms with Crippen LogP contribution in [0, 0.1) is 5.82 Å². The maximum atomic E-state index is 14.7. The molecule has 0 unspecified atom stereocenters. The van der Waals surface area contributed by atoms with Crippen molar-refractivity contribution in [2.75, 3.05) is 5.73 Å². The molecule has 3 aromatic rings. The predicted octanol–water partition coefficient (Wildman–Crippen LogP) is 4.56. The van der Waals surface area contributed by atoms with Gasteiger partial charge in [-0.25, -0.2) is 19.3 Å². The standard InChI is InChI=1S/C21H17FN4O/c1-3-6-16(4-2)27-20-18(7-5-10-24-20)14-8-9-17(19(22)11-14)15-12-25-21(23)26-13-15/h3-13H,1-2H2,(H2,23,25,26)/b16-6+. The number of pyridine rings is 1. The van der Waals surface area contributed by atoms with Gasteiger partial charge < -0.3 is 10.5 Å². The largest absolute Gasteiger partial charge is 0.438 e. The van der Waals surface area contributed by atoms with Crippen molar-refractivity contribution < 1.29 is 9.13 Å². The summed E-state index contributed by atoms with van der Waals surface area (Å²) >= 11 is 0. The summed E-state index contributed by atoms with van der Waals surface area (Å²) in [7, 11) is 0. The van der Waals surface area contributed by atoms with Crippen LogP contribution in [-0.2, 0) is 0 Å². The van der Waals surface area contributed by atoms with E-state index in [0.717, 1.165) is 0 Å². The number of nitrogen functional groups attached to an aromatic ring is 1. The van der Waals surface area contributed by atoms with Crippen molar-refractivity contribution >= 4 is 5.95 Å². The van der Waals surface area contributed by atoms with Crippen LogP contribution in [0.2, 0.25) is 0 Å². The number of allylic oxidation sites excluding steroid dienone is 3. The number of nitrogens with two attached hydrogens (primary N) is 1. The highest BCUT2D eigenvalue weighted by Gasteiger charge is 2.13. The molecule has 2 heterocycles. The Hall–Kier alpha value is -3.80. The number of hydrogen-bond donors (Lipinski definition) is 1. The van der Waals surface area contributed by atoms with E-state index in [1.165, 1.54) is 18.5 Å². The molecule has 0 saturated heterocycles. The zero-order chi connectivity index (χ0) is 19.2. The van der Waals surface area contributed by atoms with Crippen LogP contribution in [0.3, 0.4) is 0 Å². The molecule has 0 atom stereocenters. The highest BCUT2D eigenvalue weighted by Crippen LogP contribution is 2.32. The number of ether oxygens (including phenoxy) is 1. The van der Waals surface area contributed by atoms with Crippen LogP contribution >= 0.6 is 0 Å². The van der Waals surface area contributed by atoms with Gasteiger partial charge in [-0.1, -0.05) is 31.4 Å². The van der Waals surface area contributed by atoms with Gasteiger partial charge in [-0.3, -0.25) is 0 Å². The first-order valence-corrected chi connectivity index (χ1v) is 8.08. The maximum Gasteiger partial charge on any atom is 0.227 e. The van der Waals surface area contributed by atoms with E-state index in [0.29, 0.717) is 33.9 Å². The van der Waals surface area contributed by atoms with E-state index < -0.39 is 5.82 Å². The van der Waals surface area contributed by atoms with Crippen LogP contribution in [-0.4, -0.2) is 15.0 Å². The van der Waals surface area contributed by atoms with E-state index in [1.807, 2.05) is 0 Å². The lowest BCUT2D eigenvalue weighted by Gasteiger charge is -2.11. The Labute approximate surface area is 156 Å². The summed E-state index contributed by atoms with van der Waals surface area (Å²) in [5, 5.41) is 0. The molecule has 0 bridgehead atoms. The number of anilines is 1. The zero-order valence-corrected chi connectivity index (χ0v) is 14.5. The van der Waals surface area contributed by atoms with Gasteiger partial charge >= 0.3 is 0 Å². The van der Waals surface area contributed by atoms with Crippen molar-refractivity contribution in [1.82, 2.24) is 15.0 Å². The monoisotopic (exact) mass is 360 g/mol. The fourth-order valence-corrected chi connectivity index (χ4v) is 2.46. The smallest absolute Gasteiger partial charge is 0.227 e. The third-order valence-electron chi connectivity index (χ3n) is 3.73. The molecule has 1 aromatic carbocycles. The summed E-state index contributed by atoms with van der Waals surface area (Å²) in [6, 6.07) is 8.42. The Morgan fingerprint density at radius 3 is 2.48 bits per heavy atom. The molecule has 6 heteroatoms. The van der Waals surface area contributed by atoms with E-state index in [1.54, 1.807) is 48.7 Å². The van der Waals surface area contributed by atoms with E-state index in [4.69, 9.17) is 10.5 Å². The second kappa shape index (κ2) is 8.05. The molecular formula is C21H17FN4O. The van der Waals surface area contributed by atoms with Gasteiger partial charge in [0, 0.05) is 35.3 Å². The van der Waals surface area contributed by atoms with Crippen LogP contribution in [0.5, 0.6) is 5.88 Å². The minimum atomic E-state index is -0.416. The first kappa shape index (κ1) is 18.0. The Kier molecular flexibility index (Phi) is 5.37. The van der Waals surface area contributed by atoms with Crippen molar-refractivity contribution in [3.05, 3.63) is 91.9 Å². The number of nitrogens with zero attached hydrogens (tertiary/aromatic N) is 3. The van der Waals surface area contributed by atoms with Gasteiger partial charge in [0.05, 0.1) is 0 Å². The summed E-state index contributed by atoms with van der Waals surface area (Å²) in [4.78, 5) is 12.0. The molecular weight excluding hydrogens is 343 g/mol. The van der Waals surface area contributed by atoms with Gasteiger partial charge in [0.25, 0.3) is 0 Å². The van der Waals surface area contributed by atoms with Crippen LogP contribution < -0.4 is 10.5 Å². The zero-order valence-electron chi connectivity index (χ0n) is 14.5. The summed E-state index contributed by atoms with van der Waals surface area (Å²) < 4.78 is 20.5. The molecule has 0 amide bonds. The molecule has 0 aliphatic heterocycles. The lowest BCUT2D eigenvalue weighted by atomic mass is 10.0. The Morgan fingerprint density at radius 1 is 1.04 bits per heavy atom. The third-order valence-corrected chi connectivity index (χ3v) is 3.73. The Bertz CT molecular complexity index is 1010. The molecule has 5 nitrogen and oxygen atoms in total. The molecule has 0 spiro atoms. The van der Waals surface area contributed by atoms with Crippen molar-refractivity contribution in [3.63, 3.8) is 0 Å². The Morgan fingerprint density at radius 2 is 1.81 bits per heavy atom. The summed E-state index contributed by atoms with van der Waals surface area (Å²) in [6.45, 7) is 7.33. The van der Waals surface area contributed by atoms with E-state index in [-0.39, 0.29) is 5.95 Å². The molecule has 0 aliphatic rings. The average molecular weight is 360 g/mol. The molecule has 0 fully saturated rings. The van der Waals surface area contributed by atoms with Gasteiger partial charge in [-0.2, -0.15) is 0 Å². The second-order valence-electron chi connectivity index (χ2n) is 5.49. The lowest BCUT2D eigenvalue weighted by molar-refractivity contribution is 0.429. The molecule has 27 heavy (non-hydrogen) atoms. The van der Waals surface area contributed by atoms with Crippen molar-refractivity contribution in [2.24, 2.45) is 0 Å². The molecule has 0 saturated carbocycles. The first-order chi connectivity index (χ1) is 13.1. The summed E-state index contributed by atoms with van der Waals surface area (Å²) in [5.41, 5.74) is 7.67. The summed E-state index contributed by atoms with van der Waals surface area (Å²) in [5.74, 6) is 0.550. The van der Waals surface area contributed by atoms with Gasteiger partial charge in [0.15, 0.2) is 0 Å². The predicted molar refractivity (Wildman–Crippen MR) is 104 cm³/mol. The minimum absolute atomic E-state index is 0.138. The Balaban J connectivity index is 1.99. The topological polar surface area (TPSA) is 73.9 Å². The number of benzene rings is 1. The quantitative estimate of drug-likeness (QED) is 0.515. The third kappa shape index (κ3) is 4.07. The highest BCUT2D eigenvalue weighted by molar-refractivity contribution is 5.73. The van der Waals surface area contributed by atoms with Gasteiger partial charge in [0.2, 0.25) is 11.8 Å². The molecule has 3 rings (SSSR count). The van der Waals surface area contributed by atoms with Gasteiger partial charge in [0.1, 0.15) is 11.6 Å². The average Bonchev–Trinajstić information content (AvgIpc) is 2.69. The fraction of sp³-hybridized carbons (Fsp3) is 0. The van der Waals surface area contributed by atoms with Gasteiger partial charge in [-0.15, -0.1) is 0 Å². The summed E-state index contributed by atoms with van der Waals surface area (Å²) in [6.07, 6.45) is 9.36. The van der Waals surface area contributed by atoms with Crippen LogP contribution in [0.15, 0.2) is 86.1 Å². The molecule has 0 radical (unpaired) electrons. The second-order valence-corrected chi connectivity index (χ2v) is 5.49. The lowest BCUT2D eigenvalue weighted by Crippen LogP contribution is -1.97. The van der Waals surface area contributed by atoms with E-state index in [9.17, 15) is 4.39 Å². The molecule has 2 N–H and O–H groups in total. The van der Waals surface area contributed by atoms with Crippen LogP contribution in [0.25, 0.3) is 22.3 Å². The van der Waals surface area contributed by atoms with Crippen LogP contribution in [0.1, 0.15) is 0 Å². The minimum Gasteiger partial charge on any atom is -0.438 e. The SMILES string of the molecule is C=C/C=C(\C=C)Oc1ncccc1-c1ccc(-c2cnc(N)nc2)c(F)c1. The van der Waals surface area contributed by atoms with Crippen molar-refractivity contribution in [3.8, 4) is 28.1 Å². The number of halogens is 1. The number of hydrogen-bond acceptors (Lipinski definition) is 5.